The number of carbonyl (C=O) groups excluding carboxylic acids is 1. The molecule has 4 nitrogen and oxygen atoms in total. The molecular formula is C16H17N3OS. The van der Waals surface area contributed by atoms with Gasteiger partial charge < -0.3 is 5.32 Å². The van der Waals surface area contributed by atoms with Crippen molar-refractivity contribution in [3.05, 3.63) is 71.8 Å². The number of hydrazine groups is 1. The van der Waals surface area contributed by atoms with Crippen molar-refractivity contribution >= 4 is 23.2 Å². The molecule has 0 heterocycles. The Balaban J connectivity index is 2.17. The van der Waals surface area contributed by atoms with Gasteiger partial charge in [0.2, 0.25) is 5.91 Å². The van der Waals surface area contributed by atoms with Crippen LogP contribution in [0, 0.1) is 0 Å². The van der Waals surface area contributed by atoms with Crippen LogP contribution in [-0.4, -0.2) is 11.0 Å². The summed E-state index contributed by atoms with van der Waals surface area (Å²) in [5, 5.41) is 3.57. The van der Waals surface area contributed by atoms with E-state index in [9.17, 15) is 4.79 Å². The number of amides is 1. The molecule has 0 saturated heterocycles. The number of benzene rings is 2. The fourth-order valence-corrected chi connectivity index (χ4v) is 2.13. The number of carbonyl (C=O) groups is 1. The molecular weight excluding hydrogens is 282 g/mol. The fraction of sp³-hybridized carbons (Fsp3) is 0.125. The Bertz CT molecular complexity index is 562. The standard InChI is InChI=1S/C16H17N3OS/c1-12(20)18-19-16(21)17-15(13-8-4-2-5-9-13)14-10-6-3-7-11-14/h2-11,15H,1H3,(H,18,20)(H2,17,19,21). The molecule has 21 heavy (non-hydrogen) atoms. The molecule has 2 aromatic carbocycles. The van der Waals surface area contributed by atoms with Crippen molar-refractivity contribution in [2.45, 2.75) is 13.0 Å². The predicted octanol–water partition coefficient (Wildman–Crippen LogP) is 2.29. The lowest BCUT2D eigenvalue weighted by atomic mass is 9.99. The Morgan fingerprint density at radius 1 is 0.905 bits per heavy atom. The first-order chi connectivity index (χ1) is 10.2. The first-order valence-corrected chi connectivity index (χ1v) is 7.00. The molecule has 3 N–H and O–H groups in total. The first-order valence-electron chi connectivity index (χ1n) is 6.60. The molecule has 0 unspecified atom stereocenters. The number of hydrogen-bond acceptors (Lipinski definition) is 2. The molecule has 0 spiro atoms. The van der Waals surface area contributed by atoms with Crippen LogP contribution in [0.1, 0.15) is 24.1 Å². The number of hydrogen-bond donors (Lipinski definition) is 3. The molecule has 0 bridgehead atoms. The highest BCUT2D eigenvalue weighted by Crippen LogP contribution is 2.21. The second-order valence-electron chi connectivity index (χ2n) is 4.53. The van der Waals surface area contributed by atoms with Gasteiger partial charge in [-0.2, -0.15) is 0 Å². The van der Waals surface area contributed by atoms with Crippen LogP contribution in [0.2, 0.25) is 0 Å². The minimum atomic E-state index is -0.199. The SMILES string of the molecule is CC(=O)NNC(=S)NC(c1ccccc1)c1ccccc1. The number of thiocarbonyl (C=S) groups is 1. The average Bonchev–Trinajstić information content (AvgIpc) is 2.52. The van der Waals surface area contributed by atoms with Gasteiger partial charge in [0.25, 0.3) is 0 Å². The maximum atomic E-state index is 10.9. The highest BCUT2D eigenvalue weighted by molar-refractivity contribution is 7.80. The Kier molecular flexibility index (Phi) is 5.29. The van der Waals surface area contributed by atoms with Crippen LogP contribution in [0.4, 0.5) is 0 Å². The third-order valence-corrected chi connectivity index (χ3v) is 3.11. The number of rotatable bonds is 3. The van der Waals surface area contributed by atoms with Crippen LogP contribution >= 0.6 is 12.2 Å². The molecule has 0 fully saturated rings. The lowest BCUT2D eigenvalue weighted by Gasteiger charge is -2.22. The second kappa shape index (κ2) is 7.40. The smallest absolute Gasteiger partial charge is 0.235 e. The van der Waals surface area contributed by atoms with Gasteiger partial charge in [0, 0.05) is 6.92 Å². The van der Waals surface area contributed by atoms with Gasteiger partial charge in [0.15, 0.2) is 5.11 Å². The summed E-state index contributed by atoms with van der Waals surface area (Å²) in [6.45, 7) is 1.42. The molecule has 2 rings (SSSR count). The van der Waals surface area contributed by atoms with E-state index in [4.69, 9.17) is 12.2 Å². The van der Waals surface area contributed by atoms with Gasteiger partial charge in [-0.25, -0.2) is 0 Å². The molecule has 0 aliphatic rings. The Hall–Kier alpha value is -2.40. The van der Waals surface area contributed by atoms with Crippen molar-refractivity contribution in [3.63, 3.8) is 0 Å². The molecule has 108 valence electrons. The Morgan fingerprint density at radius 2 is 1.38 bits per heavy atom. The van der Waals surface area contributed by atoms with Gasteiger partial charge in [-0.3, -0.25) is 15.6 Å². The molecule has 5 heteroatoms. The van der Waals surface area contributed by atoms with E-state index in [1.165, 1.54) is 6.92 Å². The minimum Gasteiger partial charge on any atom is -0.350 e. The lowest BCUT2D eigenvalue weighted by molar-refractivity contribution is -0.119. The molecule has 0 radical (unpaired) electrons. The largest absolute Gasteiger partial charge is 0.350 e. The van der Waals surface area contributed by atoms with Crippen LogP contribution in [0.15, 0.2) is 60.7 Å². The molecule has 0 saturated carbocycles. The Labute approximate surface area is 129 Å². The summed E-state index contributed by atoms with van der Waals surface area (Å²) in [4.78, 5) is 10.9. The van der Waals surface area contributed by atoms with Gasteiger partial charge in [-0.1, -0.05) is 60.7 Å². The van der Waals surface area contributed by atoms with Crippen LogP contribution in [0.5, 0.6) is 0 Å². The third-order valence-electron chi connectivity index (χ3n) is 2.89. The quantitative estimate of drug-likeness (QED) is 0.601. The molecule has 0 aliphatic carbocycles. The average molecular weight is 299 g/mol. The highest BCUT2D eigenvalue weighted by atomic mass is 32.1. The van der Waals surface area contributed by atoms with Crippen molar-refractivity contribution < 1.29 is 4.79 Å². The summed E-state index contributed by atoms with van der Waals surface area (Å²) in [7, 11) is 0. The summed E-state index contributed by atoms with van der Waals surface area (Å²) in [6.07, 6.45) is 0. The van der Waals surface area contributed by atoms with E-state index in [2.05, 4.69) is 16.2 Å². The van der Waals surface area contributed by atoms with Gasteiger partial charge >= 0.3 is 0 Å². The summed E-state index contributed by atoms with van der Waals surface area (Å²) >= 11 is 5.21. The van der Waals surface area contributed by atoms with Gasteiger partial charge in [-0.15, -0.1) is 0 Å². The van der Waals surface area contributed by atoms with Crippen molar-refractivity contribution in [3.8, 4) is 0 Å². The minimum absolute atomic E-state index is 0.0823. The Morgan fingerprint density at radius 3 is 1.81 bits per heavy atom. The zero-order chi connectivity index (χ0) is 15.1. The lowest BCUT2D eigenvalue weighted by Crippen LogP contribution is -2.47. The van der Waals surface area contributed by atoms with E-state index in [1.807, 2.05) is 60.7 Å². The molecule has 0 atom stereocenters. The van der Waals surface area contributed by atoms with E-state index >= 15 is 0 Å². The van der Waals surface area contributed by atoms with Crippen molar-refractivity contribution in [2.24, 2.45) is 0 Å². The maximum Gasteiger partial charge on any atom is 0.235 e. The predicted molar refractivity (Wildman–Crippen MR) is 87.4 cm³/mol. The summed E-state index contributed by atoms with van der Waals surface area (Å²) in [5.41, 5.74) is 7.32. The van der Waals surface area contributed by atoms with Crippen molar-refractivity contribution in [2.75, 3.05) is 0 Å². The van der Waals surface area contributed by atoms with E-state index in [0.717, 1.165) is 11.1 Å². The molecule has 1 amide bonds. The van der Waals surface area contributed by atoms with E-state index in [0.29, 0.717) is 5.11 Å². The molecule has 0 aliphatic heterocycles. The van der Waals surface area contributed by atoms with Crippen molar-refractivity contribution in [1.29, 1.82) is 0 Å². The molecule has 0 aromatic heterocycles. The van der Waals surface area contributed by atoms with Crippen LogP contribution < -0.4 is 16.2 Å². The maximum absolute atomic E-state index is 10.9. The second-order valence-corrected chi connectivity index (χ2v) is 4.94. The van der Waals surface area contributed by atoms with E-state index < -0.39 is 0 Å². The molecule has 2 aromatic rings. The highest BCUT2D eigenvalue weighted by Gasteiger charge is 2.14. The van der Waals surface area contributed by atoms with E-state index in [-0.39, 0.29) is 11.9 Å². The first kappa shape index (κ1) is 15.0. The normalized spacial score (nSPS) is 10.0. The summed E-state index contributed by atoms with van der Waals surface area (Å²) in [5.74, 6) is -0.199. The van der Waals surface area contributed by atoms with Gasteiger partial charge in [0.05, 0.1) is 6.04 Å². The van der Waals surface area contributed by atoms with Crippen molar-refractivity contribution in [1.82, 2.24) is 16.2 Å². The van der Waals surface area contributed by atoms with Gasteiger partial charge in [-0.05, 0) is 23.3 Å². The van der Waals surface area contributed by atoms with Crippen LogP contribution in [0.3, 0.4) is 0 Å². The monoisotopic (exact) mass is 299 g/mol. The van der Waals surface area contributed by atoms with E-state index in [1.54, 1.807) is 0 Å². The van der Waals surface area contributed by atoms with Gasteiger partial charge in [0.1, 0.15) is 0 Å². The summed E-state index contributed by atoms with van der Waals surface area (Å²) < 4.78 is 0. The number of nitrogens with one attached hydrogen (secondary N) is 3. The fourth-order valence-electron chi connectivity index (χ4n) is 1.96. The zero-order valence-electron chi connectivity index (χ0n) is 11.7. The summed E-state index contributed by atoms with van der Waals surface area (Å²) in [6, 6.07) is 19.9. The zero-order valence-corrected chi connectivity index (χ0v) is 12.5. The third kappa shape index (κ3) is 4.57. The van der Waals surface area contributed by atoms with Crippen LogP contribution in [0.25, 0.3) is 0 Å². The van der Waals surface area contributed by atoms with Crippen LogP contribution in [-0.2, 0) is 4.79 Å². The topological polar surface area (TPSA) is 53.2 Å².